The maximum Gasteiger partial charge on any atom is 0.220 e. The summed E-state index contributed by atoms with van der Waals surface area (Å²) in [6, 6.07) is -0.918. The number of ether oxygens (including phenoxy) is 6. The highest BCUT2D eigenvalue weighted by molar-refractivity contribution is 5.76. The fourth-order valence-electron chi connectivity index (χ4n) is 10.2. The molecule has 3 saturated heterocycles. The van der Waals surface area contributed by atoms with Crippen LogP contribution in [0.25, 0.3) is 0 Å². The second-order valence-electron chi connectivity index (χ2n) is 22.8. The van der Waals surface area contributed by atoms with Gasteiger partial charge in [-0.25, -0.2) is 0 Å². The van der Waals surface area contributed by atoms with Crippen LogP contribution >= 0.6 is 0 Å². The third-order valence-corrected chi connectivity index (χ3v) is 15.6. The van der Waals surface area contributed by atoms with Gasteiger partial charge in [0.2, 0.25) is 5.91 Å². The molecule has 0 aromatic heterocycles. The van der Waals surface area contributed by atoms with Crippen LogP contribution in [0.5, 0.6) is 0 Å². The molecule has 3 aliphatic rings. The van der Waals surface area contributed by atoms with Crippen LogP contribution in [-0.2, 0) is 33.2 Å². The molecule has 1 amide bonds. The van der Waals surface area contributed by atoms with Crippen LogP contribution in [0.2, 0.25) is 0 Å². The molecule has 17 unspecified atom stereocenters. The van der Waals surface area contributed by atoms with E-state index in [1.54, 1.807) is 0 Å². The molecule has 0 radical (unpaired) electrons. The molecule has 12 N–H and O–H groups in total. The number of aliphatic hydroxyl groups excluding tert-OH is 11. The Balaban J connectivity index is 1.40. The highest BCUT2D eigenvalue weighted by atomic mass is 16.8. The minimum absolute atomic E-state index is 0.202. The van der Waals surface area contributed by atoms with Crippen molar-refractivity contribution in [2.75, 3.05) is 26.4 Å². The standard InChI is InChI=1S/C69H113NO18/c1-3-5-7-9-11-13-15-16-17-18-19-20-21-22-23-24-25-26-27-28-29-30-31-32-33-34-35-36-37-39-41-43-45-47-57(75)70-52(53(74)46-44-42-40-38-14-12-10-8-6-4-2)51-83-67-63(81)60(78)65(55(49-72)85-67)88-69-64(82)61(79)66(56(50-73)86-69)87-68-62(80)59(77)58(76)54(48-71)84-68/h5,7,11,13,16-17,19-20,22-23,25-26,28-29,31-32,34-35,37,39,52-56,58-69,71-74,76-82H,3-4,6,8-10,12,14-15,18,21,24,27,30,33,36,38,40-51H2,1-2H3,(H,70,75)/b7-5-,13-11-,17-16-,20-19-,23-22-,26-25-,29-28-,32-31-,35-34-,39-37-. The summed E-state index contributed by atoms with van der Waals surface area (Å²) >= 11 is 0. The summed E-state index contributed by atoms with van der Waals surface area (Å²) in [5.41, 5.74) is 0. The molecule has 0 aromatic carbocycles. The number of carbonyl (C=O) groups is 1. The van der Waals surface area contributed by atoms with E-state index >= 15 is 0 Å². The largest absolute Gasteiger partial charge is 0.394 e. The molecular formula is C69H113NO18. The molecule has 0 aliphatic carbocycles. The number of unbranched alkanes of at least 4 members (excludes halogenated alkanes) is 11. The lowest BCUT2D eigenvalue weighted by molar-refractivity contribution is -0.379. The van der Waals surface area contributed by atoms with E-state index in [4.69, 9.17) is 28.4 Å². The maximum absolute atomic E-state index is 13.3. The summed E-state index contributed by atoms with van der Waals surface area (Å²) in [6.45, 7) is 1.59. The number of hydrogen-bond acceptors (Lipinski definition) is 18. The lowest BCUT2D eigenvalue weighted by Gasteiger charge is -2.48. The maximum atomic E-state index is 13.3. The zero-order valence-corrected chi connectivity index (χ0v) is 52.6. The van der Waals surface area contributed by atoms with E-state index in [1.165, 1.54) is 32.1 Å². The lowest BCUT2D eigenvalue weighted by Crippen LogP contribution is -2.66. The van der Waals surface area contributed by atoms with Crippen LogP contribution in [0.1, 0.15) is 174 Å². The molecule has 3 rings (SSSR count). The molecule has 88 heavy (non-hydrogen) atoms. The predicted octanol–water partition coefficient (Wildman–Crippen LogP) is 7.65. The molecule has 0 aromatic rings. The fraction of sp³-hybridized carbons (Fsp3) is 0.696. The van der Waals surface area contributed by atoms with Crippen molar-refractivity contribution < 1.29 is 89.4 Å². The average molecular weight is 1240 g/mol. The molecule has 3 heterocycles. The topological polar surface area (TPSA) is 307 Å². The van der Waals surface area contributed by atoms with Crippen molar-refractivity contribution in [1.29, 1.82) is 0 Å². The van der Waals surface area contributed by atoms with Gasteiger partial charge in [-0.05, 0) is 89.9 Å². The first kappa shape index (κ1) is 78.4. The van der Waals surface area contributed by atoms with Crippen LogP contribution in [0.4, 0.5) is 0 Å². The van der Waals surface area contributed by atoms with E-state index in [9.17, 15) is 61.0 Å². The molecule has 502 valence electrons. The second-order valence-corrected chi connectivity index (χ2v) is 22.8. The third-order valence-electron chi connectivity index (χ3n) is 15.6. The Morgan fingerprint density at radius 3 is 1.20 bits per heavy atom. The Morgan fingerprint density at radius 2 is 0.784 bits per heavy atom. The Kier molecular flexibility index (Phi) is 44.4. The summed E-state index contributed by atoms with van der Waals surface area (Å²) < 4.78 is 34.3. The monoisotopic (exact) mass is 1240 g/mol. The van der Waals surface area contributed by atoms with Crippen molar-refractivity contribution in [3.05, 3.63) is 122 Å². The molecule has 19 nitrogen and oxygen atoms in total. The second kappa shape index (κ2) is 49.8. The van der Waals surface area contributed by atoms with Gasteiger partial charge >= 0.3 is 0 Å². The summed E-state index contributed by atoms with van der Waals surface area (Å²) in [4.78, 5) is 13.3. The van der Waals surface area contributed by atoms with Crippen LogP contribution in [0.15, 0.2) is 122 Å². The molecule has 3 aliphatic heterocycles. The first-order valence-corrected chi connectivity index (χ1v) is 32.8. The Hall–Kier alpha value is -3.81. The molecule has 17 atom stereocenters. The van der Waals surface area contributed by atoms with Gasteiger partial charge in [0.05, 0.1) is 38.6 Å². The summed E-state index contributed by atoms with van der Waals surface area (Å²) in [5.74, 6) is -0.293. The number of allylic oxidation sites excluding steroid dienone is 20. The van der Waals surface area contributed by atoms with Crippen LogP contribution in [0.3, 0.4) is 0 Å². The molecule has 0 saturated carbocycles. The molecular weight excluding hydrogens is 1130 g/mol. The van der Waals surface area contributed by atoms with Crippen molar-refractivity contribution in [2.24, 2.45) is 0 Å². The van der Waals surface area contributed by atoms with E-state index in [0.717, 1.165) is 103 Å². The number of carbonyl (C=O) groups excluding carboxylic acids is 1. The highest BCUT2D eigenvalue weighted by Gasteiger charge is 2.53. The van der Waals surface area contributed by atoms with Crippen molar-refractivity contribution in [1.82, 2.24) is 5.32 Å². The van der Waals surface area contributed by atoms with E-state index in [2.05, 4.69) is 141 Å². The first-order valence-electron chi connectivity index (χ1n) is 32.8. The molecule has 0 bridgehead atoms. The smallest absolute Gasteiger partial charge is 0.220 e. The van der Waals surface area contributed by atoms with Crippen LogP contribution in [0, 0.1) is 0 Å². The Bertz CT molecular complexity index is 2070. The van der Waals surface area contributed by atoms with Gasteiger partial charge in [-0.2, -0.15) is 0 Å². The van der Waals surface area contributed by atoms with Crippen molar-refractivity contribution in [3.63, 3.8) is 0 Å². The first-order chi connectivity index (χ1) is 42.8. The van der Waals surface area contributed by atoms with Gasteiger partial charge in [0, 0.05) is 6.42 Å². The summed E-state index contributed by atoms with van der Waals surface area (Å²) in [5, 5.41) is 120. The van der Waals surface area contributed by atoms with E-state index < -0.39 is 124 Å². The summed E-state index contributed by atoms with van der Waals surface area (Å²) in [7, 11) is 0. The fourth-order valence-corrected chi connectivity index (χ4v) is 10.2. The van der Waals surface area contributed by atoms with E-state index in [0.29, 0.717) is 19.3 Å². The van der Waals surface area contributed by atoms with Crippen LogP contribution in [-0.4, -0.2) is 193 Å². The number of amides is 1. The van der Waals surface area contributed by atoms with Gasteiger partial charge in [0.25, 0.3) is 0 Å². The van der Waals surface area contributed by atoms with Gasteiger partial charge in [0.15, 0.2) is 18.9 Å². The van der Waals surface area contributed by atoms with Crippen molar-refractivity contribution in [3.8, 4) is 0 Å². The van der Waals surface area contributed by atoms with Gasteiger partial charge in [-0.15, -0.1) is 0 Å². The molecule has 19 heteroatoms. The SMILES string of the molecule is CC/C=C\C/C=C\C/C=C\C/C=C\C/C=C\C/C=C\C/C=C\C/C=C\C/C=C\C/C=C\CCCCC(=O)NC(COC1OC(CO)C(OC2OC(CO)C(OC3OC(CO)C(O)C(O)C3O)C(O)C2O)C(O)C1O)C(O)CCCCCCCCCCCC. The number of rotatable bonds is 47. The minimum Gasteiger partial charge on any atom is -0.394 e. The average Bonchev–Trinajstić information content (AvgIpc) is 1.83. The number of hydrogen-bond donors (Lipinski definition) is 12. The van der Waals surface area contributed by atoms with Gasteiger partial charge in [-0.1, -0.05) is 200 Å². The number of aliphatic hydroxyl groups is 11. The van der Waals surface area contributed by atoms with Gasteiger partial charge in [-0.3, -0.25) is 4.79 Å². The Labute approximate surface area is 525 Å². The quantitative estimate of drug-likeness (QED) is 0.0206. The minimum atomic E-state index is -1.98. The van der Waals surface area contributed by atoms with Gasteiger partial charge < -0.3 is 89.9 Å². The highest BCUT2D eigenvalue weighted by Crippen LogP contribution is 2.33. The zero-order chi connectivity index (χ0) is 64.0. The molecule has 3 fully saturated rings. The normalized spacial score (nSPS) is 29.2. The lowest BCUT2D eigenvalue weighted by atomic mass is 9.96. The van der Waals surface area contributed by atoms with Crippen molar-refractivity contribution in [2.45, 2.75) is 279 Å². The molecule has 0 spiro atoms. The van der Waals surface area contributed by atoms with Gasteiger partial charge in [0.1, 0.15) is 73.2 Å². The number of nitrogens with one attached hydrogen (secondary N) is 1. The zero-order valence-electron chi connectivity index (χ0n) is 52.6. The predicted molar refractivity (Wildman–Crippen MR) is 341 cm³/mol. The Morgan fingerprint density at radius 1 is 0.420 bits per heavy atom. The third kappa shape index (κ3) is 32.0. The van der Waals surface area contributed by atoms with E-state index in [1.807, 2.05) is 0 Å². The van der Waals surface area contributed by atoms with Crippen LogP contribution < -0.4 is 5.32 Å². The summed E-state index contributed by atoms with van der Waals surface area (Å²) in [6.07, 6.45) is 40.2. The van der Waals surface area contributed by atoms with E-state index in [-0.39, 0.29) is 18.9 Å². The van der Waals surface area contributed by atoms with Crippen molar-refractivity contribution >= 4 is 5.91 Å².